The topological polar surface area (TPSA) is 67.8 Å². The van der Waals surface area contributed by atoms with Crippen molar-refractivity contribution in [3.63, 3.8) is 0 Å². The molecule has 0 aliphatic rings. The number of aromatic nitrogens is 2. The molecule has 0 bridgehead atoms. The average Bonchev–Trinajstić information content (AvgIpc) is 3.01. The van der Waals surface area contributed by atoms with E-state index in [0.29, 0.717) is 11.3 Å². The number of carbonyl (C=O) groups is 1. The van der Waals surface area contributed by atoms with Crippen LogP contribution in [0.25, 0.3) is 16.7 Å². The summed E-state index contributed by atoms with van der Waals surface area (Å²) in [6.45, 7) is 0. The number of para-hydroxylation sites is 2. The lowest BCUT2D eigenvalue weighted by Crippen LogP contribution is -2.28. The van der Waals surface area contributed by atoms with Crippen LogP contribution < -0.4 is 5.69 Å². The van der Waals surface area contributed by atoms with Gasteiger partial charge in [-0.15, -0.1) is 0 Å². The molecule has 0 unspecified atom stereocenters. The molecule has 4 aromatic rings. The zero-order chi connectivity index (χ0) is 19.0. The molecule has 0 saturated carbocycles. The van der Waals surface area contributed by atoms with Gasteiger partial charge in [-0.25, -0.2) is 13.8 Å². The molecule has 0 amide bonds. The minimum Gasteiger partial charge on any atom is -0.268 e. The number of rotatable bonds is 2. The van der Waals surface area contributed by atoms with Crippen LogP contribution in [0, 0.1) is 17.1 Å². The van der Waals surface area contributed by atoms with Crippen LogP contribution in [0.4, 0.5) is 4.39 Å². The fourth-order valence-electron chi connectivity index (χ4n) is 3.03. The molecule has 5 nitrogen and oxygen atoms in total. The number of halogens is 1. The smallest absolute Gasteiger partial charge is 0.268 e. The third-order valence-corrected chi connectivity index (χ3v) is 4.29. The van der Waals surface area contributed by atoms with E-state index in [-0.39, 0.29) is 16.6 Å². The average molecular weight is 357 g/mol. The zero-order valence-corrected chi connectivity index (χ0v) is 14.0. The number of hydrogen-bond donors (Lipinski definition) is 0. The van der Waals surface area contributed by atoms with Gasteiger partial charge in [0.15, 0.2) is 0 Å². The molecule has 0 aliphatic carbocycles. The third kappa shape index (κ3) is 2.62. The summed E-state index contributed by atoms with van der Waals surface area (Å²) in [6, 6.07) is 20.7. The van der Waals surface area contributed by atoms with Crippen LogP contribution in [0.1, 0.15) is 15.9 Å². The lowest BCUT2D eigenvalue weighted by Gasteiger charge is -2.03. The van der Waals surface area contributed by atoms with Gasteiger partial charge in [-0.3, -0.25) is 9.36 Å². The molecule has 1 heterocycles. The molecule has 0 N–H and O–H groups in total. The zero-order valence-electron chi connectivity index (χ0n) is 14.0. The highest BCUT2D eigenvalue weighted by molar-refractivity contribution is 6.01. The maximum Gasteiger partial charge on any atom is 0.340 e. The molecule has 0 saturated heterocycles. The molecule has 130 valence electrons. The van der Waals surface area contributed by atoms with Crippen LogP contribution in [0.2, 0.25) is 0 Å². The molecule has 0 atom stereocenters. The first-order chi connectivity index (χ1) is 13.1. The third-order valence-electron chi connectivity index (χ3n) is 4.29. The van der Waals surface area contributed by atoms with E-state index < -0.39 is 17.4 Å². The molecular weight excluding hydrogens is 345 g/mol. The van der Waals surface area contributed by atoms with Gasteiger partial charge >= 0.3 is 5.69 Å². The summed E-state index contributed by atoms with van der Waals surface area (Å²) in [6.07, 6.45) is 0. The number of carbonyl (C=O) groups excluding carboxylic acids is 1. The molecule has 27 heavy (non-hydrogen) atoms. The first-order valence-corrected chi connectivity index (χ1v) is 8.14. The number of benzene rings is 3. The number of imidazole rings is 1. The minimum atomic E-state index is -0.657. The van der Waals surface area contributed by atoms with Gasteiger partial charge in [0.25, 0.3) is 5.91 Å². The van der Waals surface area contributed by atoms with Crippen LogP contribution >= 0.6 is 0 Å². The molecule has 4 rings (SSSR count). The minimum absolute atomic E-state index is 0.0377. The van der Waals surface area contributed by atoms with Crippen LogP contribution in [0.15, 0.2) is 77.6 Å². The lowest BCUT2D eigenvalue weighted by atomic mass is 10.1. The van der Waals surface area contributed by atoms with Gasteiger partial charge in [0.2, 0.25) is 0 Å². The van der Waals surface area contributed by atoms with Crippen molar-refractivity contribution in [1.29, 1.82) is 5.26 Å². The first kappa shape index (κ1) is 16.5. The van der Waals surface area contributed by atoms with Gasteiger partial charge in [-0.2, -0.15) is 5.26 Å². The van der Waals surface area contributed by atoms with Crippen molar-refractivity contribution in [2.45, 2.75) is 0 Å². The highest BCUT2D eigenvalue weighted by Crippen LogP contribution is 2.21. The number of fused-ring (bicyclic) bond motifs is 1. The molecule has 3 aromatic carbocycles. The monoisotopic (exact) mass is 357 g/mol. The Hall–Kier alpha value is -3.98. The Morgan fingerprint density at radius 3 is 2.30 bits per heavy atom. The Kier molecular flexibility index (Phi) is 3.90. The highest BCUT2D eigenvalue weighted by Gasteiger charge is 2.22. The standard InChI is InChI=1S/C21H12FN3O2/c22-17-7-4-8-18-19(17)24(16-5-2-1-3-6-16)21(27)25(18)20(26)15-11-9-14(13-23)10-12-15/h1-12H. The summed E-state index contributed by atoms with van der Waals surface area (Å²) < 4.78 is 16.7. The van der Waals surface area contributed by atoms with Crippen molar-refractivity contribution in [3.05, 3.63) is 100 Å². The second-order valence-corrected chi connectivity index (χ2v) is 5.89. The summed E-state index contributed by atoms with van der Waals surface area (Å²) in [4.78, 5) is 26.0. The van der Waals surface area contributed by atoms with Gasteiger partial charge < -0.3 is 0 Å². The Bertz CT molecular complexity index is 1260. The summed E-state index contributed by atoms with van der Waals surface area (Å²) in [5, 5.41) is 8.89. The molecule has 0 radical (unpaired) electrons. The van der Waals surface area contributed by atoms with Crippen molar-refractivity contribution in [2.24, 2.45) is 0 Å². The maximum atomic E-state index is 14.6. The largest absolute Gasteiger partial charge is 0.340 e. The number of nitrogens with zero attached hydrogens (tertiary/aromatic N) is 3. The van der Waals surface area contributed by atoms with Gasteiger partial charge in [0.05, 0.1) is 22.8 Å². The molecule has 0 aliphatic heterocycles. The van der Waals surface area contributed by atoms with Crippen molar-refractivity contribution in [2.75, 3.05) is 0 Å². The molecule has 1 aromatic heterocycles. The van der Waals surface area contributed by atoms with Gasteiger partial charge in [-0.05, 0) is 48.5 Å². The number of nitriles is 1. The van der Waals surface area contributed by atoms with Gasteiger partial charge in [-0.1, -0.05) is 24.3 Å². The summed E-state index contributed by atoms with van der Waals surface area (Å²) in [5.41, 5.74) is 0.651. The van der Waals surface area contributed by atoms with E-state index in [0.717, 1.165) is 4.57 Å². The predicted molar refractivity (Wildman–Crippen MR) is 98.4 cm³/mol. The van der Waals surface area contributed by atoms with Gasteiger partial charge in [0.1, 0.15) is 11.3 Å². The van der Waals surface area contributed by atoms with E-state index in [1.54, 1.807) is 30.3 Å². The van der Waals surface area contributed by atoms with E-state index in [2.05, 4.69) is 0 Å². The SMILES string of the molecule is N#Cc1ccc(C(=O)n2c(=O)n(-c3ccccc3)c3c(F)cccc32)cc1. The van der Waals surface area contributed by atoms with E-state index in [1.165, 1.54) is 47.0 Å². The second kappa shape index (κ2) is 6.39. The van der Waals surface area contributed by atoms with Crippen molar-refractivity contribution in [3.8, 4) is 11.8 Å². The quantitative estimate of drug-likeness (QED) is 0.551. The molecule has 6 heteroatoms. The van der Waals surface area contributed by atoms with Crippen LogP contribution in [0.3, 0.4) is 0 Å². The normalized spacial score (nSPS) is 10.7. The molecule has 0 fully saturated rings. The molecular formula is C21H12FN3O2. The van der Waals surface area contributed by atoms with E-state index in [9.17, 15) is 14.0 Å². The van der Waals surface area contributed by atoms with Crippen LogP contribution in [-0.4, -0.2) is 15.0 Å². The Labute approximate surface area is 153 Å². The van der Waals surface area contributed by atoms with Crippen LogP contribution in [0.5, 0.6) is 0 Å². The lowest BCUT2D eigenvalue weighted by molar-refractivity contribution is 0.0960. The summed E-state index contributed by atoms with van der Waals surface area (Å²) in [7, 11) is 0. The van der Waals surface area contributed by atoms with Crippen LogP contribution in [-0.2, 0) is 0 Å². The Balaban J connectivity index is 2.00. The highest BCUT2D eigenvalue weighted by atomic mass is 19.1. The van der Waals surface area contributed by atoms with E-state index in [4.69, 9.17) is 5.26 Å². The predicted octanol–water partition coefficient (Wildman–Crippen LogP) is 3.49. The van der Waals surface area contributed by atoms with Crippen molar-refractivity contribution >= 4 is 16.9 Å². The van der Waals surface area contributed by atoms with Crippen molar-refractivity contribution in [1.82, 2.24) is 9.13 Å². The summed E-state index contributed by atoms with van der Waals surface area (Å²) in [5.74, 6) is -1.19. The Morgan fingerprint density at radius 1 is 0.926 bits per heavy atom. The molecule has 0 spiro atoms. The maximum absolute atomic E-state index is 14.6. The fraction of sp³-hybridized carbons (Fsp3) is 0. The van der Waals surface area contributed by atoms with E-state index >= 15 is 0 Å². The van der Waals surface area contributed by atoms with Gasteiger partial charge in [0, 0.05) is 5.56 Å². The Morgan fingerprint density at radius 2 is 1.63 bits per heavy atom. The number of hydrogen-bond acceptors (Lipinski definition) is 3. The summed E-state index contributed by atoms with van der Waals surface area (Å²) >= 11 is 0. The second-order valence-electron chi connectivity index (χ2n) is 5.89. The fourth-order valence-corrected chi connectivity index (χ4v) is 3.03. The first-order valence-electron chi connectivity index (χ1n) is 8.14. The van der Waals surface area contributed by atoms with Crippen molar-refractivity contribution < 1.29 is 9.18 Å². The van der Waals surface area contributed by atoms with E-state index in [1.807, 2.05) is 6.07 Å².